The van der Waals surface area contributed by atoms with Crippen molar-refractivity contribution in [3.05, 3.63) is 0 Å². The van der Waals surface area contributed by atoms with E-state index in [0.29, 0.717) is 32.2 Å². The smallest absolute Gasteiger partial charge is 0.214 e. The fraction of sp³-hybridized carbons (Fsp3) is 1.00. The molecule has 0 amide bonds. The molecule has 1 N–H and O–H groups in total. The third-order valence-electron chi connectivity index (χ3n) is 2.99. The molecule has 0 aromatic heterocycles. The van der Waals surface area contributed by atoms with Crippen molar-refractivity contribution in [1.29, 1.82) is 0 Å². The first-order valence-electron chi connectivity index (χ1n) is 6.30. The van der Waals surface area contributed by atoms with Crippen molar-refractivity contribution in [2.75, 3.05) is 39.1 Å². The van der Waals surface area contributed by atoms with E-state index >= 15 is 0 Å². The summed E-state index contributed by atoms with van der Waals surface area (Å²) < 4.78 is 30.7. The van der Waals surface area contributed by atoms with Gasteiger partial charge >= 0.3 is 0 Å². The molecule has 1 saturated heterocycles. The van der Waals surface area contributed by atoms with Gasteiger partial charge in [0, 0.05) is 26.2 Å². The van der Waals surface area contributed by atoms with Crippen molar-refractivity contribution in [3.63, 3.8) is 0 Å². The quantitative estimate of drug-likeness (QED) is 0.690. The highest BCUT2D eigenvalue weighted by Crippen LogP contribution is 2.11. The van der Waals surface area contributed by atoms with Gasteiger partial charge in [-0.05, 0) is 25.8 Å². The van der Waals surface area contributed by atoms with Gasteiger partial charge in [0.05, 0.1) is 12.4 Å². The van der Waals surface area contributed by atoms with Gasteiger partial charge in [0.15, 0.2) is 0 Å². The third-order valence-corrected chi connectivity index (χ3v) is 5.03. The van der Waals surface area contributed by atoms with Crippen LogP contribution in [0.4, 0.5) is 0 Å². The molecule has 1 unspecified atom stereocenters. The predicted octanol–water partition coefficient (Wildman–Crippen LogP) is 0.427. The first kappa shape index (κ1) is 14.9. The number of rotatable bonds is 8. The molecular formula is C11H24N2O3S. The van der Waals surface area contributed by atoms with Gasteiger partial charge in [-0.2, -0.15) is 4.31 Å². The fourth-order valence-corrected chi connectivity index (χ4v) is 3.62. The van der Waals surface area contributed by atoms with Gasteiger partial charge in [0.1, 0.15) is 0 Å². The van der Waals surface area contributed by atoms with Crippen LogP contribution in [0.2, 0.25) is 0 Å². The molecule has 0 saturated carbocycles. The molecule has 1 rings (SSSR count). The summed E-state index contributed by atoms with van der Waals surface area (Å²) in [4.78, 5) is 0. The Morgan fingerprint density at radius 1 is 1.47 bits per heavy atom. The lowest BCUT2D eigenvalue weighted by molar-refractivity contribution is 0.176. The number of hydrogen-bond donors (Lipinski definition) is 1. The van der Waals surface area contributed by atoms with E-state index in [2.05, 4.69) is 5.32 Å². The number of sulfonamides is 1. The zero-order valence-electron chi connectivity index (χ0n) is 10.8. The highest BCUT2D eigenvalue weighted by atomic mass is 32.2. The Bertz CT molecular complexity index is 300. The minimum absolute atomic E-state index is 0.226. The number of ether oxygens (including phenoxy) is 1. The Labute approximate surface area is 105 Å². The van der Waals surface area contributed by atoms with Crippen LogP contribution in [0.15, 0.2) is 0 Å². The average molecular weight is 264 g/mol. The van der Waals surface area contributed by atoms with Crippen LogP contribution in [0.5, 0.6) is 0 Å². The largest absolute Gasteiger partial charge is 0.383 e. The molecular weight excluding hydrogens is 240 g/mol. The van der Waals surface area contributed by atoms with Crippen molar-refractivity contribution < 1.29 is 13.2 Å². The topological polar surface area (TPSA) is 58.6 Å². The summed E-state index contributed by atoms with van der Waals surface area (Å²) in [5, 5.41) is 3.33. The number of nitrogens with one attached hydrogen (secondary N) is 1. The van der Waals surface area contributed by atoms with Gasteiger partial charge < -0.3 is 10.1 Å². The molecule has 1 fully saturated rings. The standard InChI is InChI=1S/C11H24N2O3S/c1-3-9-17(14,15)13(7-8-16-2)10-11-5-4-6-12-11/h11-12H,3-10H2,1-2H3. The van der Waals surface area contributed by atoms with Gasteiger partial charge in [0.25, 0.3) is 0 Å². The van der Waals surface area contributed by atoms with E-state index in [-0.39, 0.29) is 5.75 Å². The van der Waals surface area contributed by atoms with Gasteiger partial charge in [-0.3, -0.25) is 0 Å². The Kier molecular flexibility index (Phi) is 6.40. The van der Waals surface area contributed by atoms with Crippen molar-refractivity contribution in [1.82, 2.24) is 9.62 Å². The van der Waals surface area contributed by atoms with Gasteiger partial charge in [-0.1, -0.05) is 6.92 Å². The molecule has 1 aliphatic heterocycles. The van der Waals surface area contributed by atoms with E-state index in [1.807, 2.05) is 6.92 Å². The SMILES string of the molecule is CCCS(=O)(=O)N(CCOC)CC1CCCN1. The average Bonchev–Trinajstić information content (AvgIpc) is 2.76. The summed E-state index contributed by atoms with van der Waals surface area (Å²) in [6, 6.07) is 0.304. The third kappa shape index (κ3) is 4.91. The lowest BCUT2D eigenvalue weighted by Gasteiger charge is -2.24. The summed E-state index contributed by atoms with van der Waals surface area (Å²) >= 11 is 0. The lowest BCUT2D eigenvalue weighted by atomic mass is 10.2. The normalized spacial score (nSPS) is 21.2. The maximum absolute atomic E-state index is 12.1. The van der Waals surface area contributed by atoms with Crippen LogP contribution in [0, 0.1) is 0 Å². The summed E-state index contributed by atoms with van der Waals surface area (Å²) in [6.45, 7) is 4.37. The molecule has 1 atom stereocenters. The van der Waals surface area contributed by atoms with Crippen LogP contribution in [0.25, 0.3) is 0 Å². The molecule has 0 spiro atoms. The highest BCUT2D eigenvalue weighted by molar-refractivity contribution is 7.89. The van der Waals surface area contributed by atoms with E-state index in [1.54, 1.807) is 11.4 Å². The zero-order valence-corrected chi connectivity index (χ0v) is 11.6. The summed E-state index contributed by atoms with van der Waals surface area (Å²) in [6.07, 6.45) is 2.85. The summed E-state index contributed by atoms with van der Waals surface area (Å²) in [7, 11) is -1.52. The Morgan fingerprint density at radius 3 is 2.76 bits per heavy atom. The van der Waals surface area contributed by atoms with Crippen LogP contribution < -0.4 is 5.32 Å². The molecule has 17 heavy (non-hydrogen) atoms. The molecule has 0 aromatic carbocycles. The monoisotopic (exact) mass is 264 g/mol. The van der Waals surface area contributed by atoms with E-state index in [0.717, 1.165) is 19.4 Å². The van der Waals surface area contributed by atoms with Crippen LogP contribution >= 0.6 is 0 Å². The van der Waals surface area contributed by atoms with E-state index in [1.165, 1.54) is 0 Å². The Hall–Kier alpha value is -0.170. The molecule has 0 bridgehead atoms. The van der Waals surface area contributed by atoms with Crippen molar-refractivity contribution in [2.24, 2.45) is 0 Å². The van der Waals surface area contributed by atoms with Gasteiger partial charge in [-0.25, -0.2) is 8.42 Å². The van der Waals surface area contributed by atoms with Crippen LogP contribution in [0.1, 0.15) is 26.2 Å². The first-order valence-corrected chi connectivity index (χ1v) is 7.91. The van der Waals surface area contributed by atoms with Crippen LogP contribution in [-0.2, 0) is 14.8 Å². The maximum Gasteiger partial charge on any atom is 0.214 e. The fourth-order valence-electron chi connectivity index (χ4n) is 2.08. The second-order valence-electron chi connectivity index (χ2n) is 4.46. The van der Waals surface area contributed by atoms with Gasteiger partial charge in [0.2, 0.25) is 10.0 Å². The molecule has 0 radical (unpaired) electrons. The minimum Gasteiger partial charge on any atom is -0.383 e. The molecule has 0 aromatic rings. The first-order chi connectivity index (χ1) is 8.10. The number of nitrogens with zero attached hydrogens (tertiary/aromatic N) is 1. The molecule has 1 heterocycles. The van der Waals surface area contributed by atoms with Crippen molar-refractivity contribution in [3.8, 4) is 0 Å². The molecule has 102 valence electrons. The lowest BCUT2D eigenvalue weighted by Crippen LogP contribution is -2.43. The Balaban J connectivity index is 2.58. The van der Waals surface area contributed by atoms with Crippen molar-refractivity contribution in [2.45, 2.75) is 32.2 Å². The number of hydrogen-bond acceptors (Lipinski definition) is 4. The van der Waals surface area contributed by atoms with Crippen LogP contribution in [0.3, 0.4) is 0 Å². The highest BCUT2D eigenvalue weighted by Gasteiger charge is 2.25. The Morgan fingerprint density at radius 2 is 2.24 bits per heavy atom. The summed E-state index contributed by atoms with van der Waals surface area (Å²) in [5.41, 5.74) is 0. The molecule has 0 aliphatic carbocycles. The van der Waals surface area contributed by atoms with Crippen LogP contribution in [-0.4, -0.2) is 57.9 Å². The molecule has 6 heteroatoms. The zero-order chi connectivity index (χ0) is 12.7. The predicted molar refractivity (Wildman–Crippen MR) is 68.6 cm³/mol. The molecule has 5 nitrogen and oxygen atoms in total. The second kappa shape index (κ2) is 7.31. The summed E-state index contributed by atoms with van der Waals surface area (Å²) in [5.74, 6) is 0.226. The van der Waals surface area contributed by atoms with E-state index in [4.69, 9.17) is 4.74 Å². The number of methoxy groups -OCH3 is 1. The maximum atomic E-state index is 12.1. The van der Waals surface area contributed by atoms with Crippen molar-refractivity contribution >= 4 is 10.0 Å². The van der Waals surface area contributed by atoms with E-state index < -0.39 is 10.0 Å². The van der Waals surface area contributed by atoms with E-state index in [9.17, 15) is 8.42 Å². The minimum atomic E-state index is -3.12. The van der Waals surface area contributed by atoms with Gasteiger partial charge in [-0.15, -0.1) is 0 Å². The molecule has 1 aliphatic rings. The second-order valence-corrected chi connectivity index (χ2v) is 6.55.